The second kappa shape index (κ2) is 11.6. The van der Waals surface area contributed by atoms with Crippen molar-refractivity contribution in [1.82, 2.24) is 5.43 Å². The van der Waals surface area contributed by atoms with Gasteiger partial charge in [-0.3, -0.25) is 15.2 Å². The summed E-state index contributed by atoms with van der Waals surface area (Å²) in [5, 5.41) is 11.8. The summed E-state index contributed by atoms with van der Waals surface area (Å²) < 4.78 is -1.18. The lowest BCUT2D eigenvalue weighted by molar-refractivity contribution is -0.130. The zero-order chi connectivity index (χ0) is 21.4. The predicted octanol–water partition coefficient (Wildman–Crippen LogP) is 4.37. The molecule has 29 heavy (non-hydrogen) atoms. The highest BCUT2D eigenvalue weighted by molar-refractivity contribution is 6.49. The monoisotopic (exact) mass is 463 g/mol. The minimum atomic E-state index is -1.31. The van der Waals surface area contributed by atoms with Crippen molar-refractivity contribution >= 4 is 46.4 Å². The molecule has 0 saturated heterocycles. The predicted molar refractivity (Wildman–Crippen MR) is 121 cm³/mol. The average Bonchev–Trinajstić information content (AvgIpc) is 2.67. The van der Waals surface area contributed by atoms with Gasteiger partial charge in [0.15, 0.2) is 0 Å². The van der Waals surface area contributed by atoms with Crippen molar-refractivity contribution in [2.45, 2.75) is 73.7 Å². The van der Waals surface area contributed by atoms with E-state index < -0.39 is 22.4 Å². The lowest BCUT2D eigenvalue weighted by Crippen LogP contribution is -2.55. The maximum atomic E-state index is 12.7. The molecule has 0 spiro atoms. The number of nitrogens with zero attached hydrogens (tertiary/aromatic N) is 1. The number of benzene rings is 1. The molecule has 1 saturated carbocycles. The number of nitrogens with two attached hydrogens (primary N) is 1. The van der Waals surface area contributed by atoms with Crippen molar-refractivity contribution in [3.63, 3.8) is 0 Å². The number of carbonyl (C=O) groups excluding carboxylic acids is 1. The highest BCUT2D eigenvalue weighted by Gasteiger charge is 2.32. The number of para-hydroxylation sites is 1. The van der Waals surface area contributed by atoms with E-state index in [0.29, 0.717) is 24.4 Å². The van der Waals surface area contributed by atoms with Crippen LogP contribution in [0.5, 0.6) is 0 Å². The fourth-order valence-electron chi connectivity index (χ4n) is 3.84. The number of rotatable bonds is 10. The van der Waals surface area contributed by atoms with E-state index in [0.717, 1.165) is 12.8 Å². The van der Waals surface area contributed by atoms with E-state index in [2.05, 4.69) is 5.43 Å². The SMILES string of the molecule is CC(Cl)CC(Cl)(Cl)CN(NC(=O)C(O)C(N)CC1CCCCC1)c1ccccc1. The smallest absolute Gasteiger partial charge is 0.268 e. The Kier molecular flexibility index (Phi) is 9.83. The summed E-state index contributed by atoms with van der Waals surface area (Å²) in [5.74, 6) is -0.102. The molecule has 164 valence electrons. The number of hydrazine groups is 1. The topological polar surface area (TPSA) is 78.6 Å². The Morgan fingerprint density at radius 2 is 1.90 bits per heavy atom. The van der Waals surface area contributed by atoms with Gasteiger partial charge in [-0.05, 0) is 37.8 Å². The Bertz CT molecular complexity index is 625. The van der Waals surface area contributed by atoms with Gasteiger partial charge in [-0.1, -0.05) is 73.5 Å². The van der Waals surface area contributed by atoms with E-state index in [4.69, 9.17) is 40.5 Å². The summed E-state index contributed by atoms with van der Waals surface area (Å²) in [6, 6.07) is 8.58. The molecular weight excluding hydrogens is 433 g/mol. The van der Waals surface area contributed by atoms with Gasteiger partial charge < -0.3 is 10.8 Å². The number of aliphatic hydroxyl groups is 1. The summed E-state index contributed by atoms with van der Waals surface area (Å²) in [5.41, 5.74) is 9.59. The van der Waals surface area contributed by atoms with Crippen molar-refractivity contribution in [3.8, 4) is 0 Å². The number of alkyl halides is 3. The Balaban J connectivity index is 2.03. The van der Waals surface area contributed by atoms with E-state index in [1.807, 2.05) is 30.3 Å². The van der Waals surface area contributed by atoms with Crippen LogP contribution in [0, 0.1) is 5.92 Å². The van der Waals surface area contributed by atoms with Crippen LogP contribution in [0.1, 0.15) is 51.9 Å². The van der Waals surface area contributed by atoms with Gasteiger partial charge in [0, 0.05) is 11.4 Å². The molecule has 8 heteroatoms. The zero-order valence-corrected chi connectivity index (χ0v) is 19.1. The molecule has 0 heterocycles. The molecule has 1 amide bonds. The maximum absolute atomic E-state index is 12.7. The molecule has 0 aliphatic heterocycles. The molecule has 0 radical (unpaired) electrons. The number of nitrogens with one attached hydrogen (secondary N) is 1. The number of anilines is 1. The Morgan fingerprint density at radius 1 is 1.28 bits per heavy atom. The van der Waals surface area contributed by atoms with Gasteiger partial charge >= 0.3 is 0 Å². The van der Waals surface area contributed by atoms with Crippen LogP contribution in [0.25, 0.3) is 0 Å². The highest BCUT2D eigenvalue weighted by Crippen LogP contribution is 2.31. The first kappa shape index (κ1) is 24.5. The van der Waals surface area contributed by atoms with Gasteiger partial charge in [-0.15, -0.1) is 11.6 Å². The van der Waals surface area contributed by atoms with Crippen molar-refractivity contribution in [2.75, 3.05) is 11.6 Å². The first-order valence-corrected chi connectivity index (χ1v) is 11.5. The van der Waals surface area contributed by atoms with E-state index in [9.17, 15) is 9.90 Å². The van der Waals surface area contributed by atoms with Crippen LogP contribution < -0.4 is 16.2 Å². The van der Waals surface area contributed by atoms with Gasteiger partial charge in [-0.25, -0.2) is 0 Å². The van der Waals surface area contributed by atoms with Crippen molar-refractivity contribution in [1.29, 1.82) is 0 Å². The first-order valence-electron chi connectivity index (χ1n) is 10.3. The molecule has 3 unspecified atom stereocenters. The van der Waals surface area contributed by atoms with Crippen LogP contribution in [0.3, 0.4) is 0 Å². The number of hydrogen-bond acceptors (Lipinski definition) is 4. The van der Waals surface area contributed by atoms with E-state index in [1.165, 1.54) is 24.3 Å². The first-order chi connectivity index (χ1) is 13.7. The molecular formula is C21H32Cl3N3O2. The van der Waals surface area contributed by atoms with E-state index in [1.54, 1.807) is 6.92 Å². The third kappa shape index (κ3) is 8.50. The molecule has 1 aromatic rings. The third-order valence-electron chi connectivity index (χ3n) is 5.29. The molecule has 2 rings (SSSR count). The highest BCUT2D eigenvalue weighted by atomic mass is 35.5. The maximum Gasteiger partial charge on any atom is 0.268 e. The molecule has 3 atom stereocenters. The number of aliphatic hydroxyl groups excluding tert-OH is 1. The van der Waals surface area contributed by atoms with Crippen molar-refractivity contribution in [3.05, 3.63) is 30.3 Å². The molecule has 1 aliphatic carbocycles. The van der Waals surface area contributed by atoms with Crippen LogP contribution in [0.15, 0.2) is 30.3 Å². The van der Waals surface area contributed by atoms with E-state index in [-0.39, 0.29) is 11.9 Å². The van der Waals surface area contributed by atoms with Crippen LogP contribution in [-0.4, -0.2) is 39.4 Å². The van der Waals surface area contributed by atoms with Crippen LogP contribution in [0.4, 0.5) is 5.69 Å². The van der Waals surface area contributed by atoms with Crippen molar-refractivity contribution in [2.24, 2.45) is 11.7 Å². The van der Waals surface area contributed by atoms with Crippen LogP contribution in [-0.2, 0) is 4.79 Å². The molecule has 1 aromatic carbocycles. The summed E-state index contributed by atoms with van der Waals surface area (Å²) in [6.07, 6.45) is 5.50. The van der Waals surface area contributed by atoms with Gasteiger partial charge in [0.1, 0.15) is 10.4 Å². The number of carbonyl (C=O) groups is 1. The molecule has 0 aromatic heterocycles. The normalized spacial score (nSPS) is 18.7. The summed E-state index contributed by atoms with van der Waals surface area (Å²) in [6.45, 7) is 1.91. The lowest BCUT2D eigenvalue weighted by atomic mass is 9.84. The fraction of sp³-hybridized carbons (Fsp3) is 0.667. The van der Waals surface area contributed by atoms with Gasteiger partial charge in [0.25, 0.3) is 5.91 Å². The minimum absolute atomic E-state index is 0.105. The second-order valence-corrected chi connectivity index (χ2v) is 10.5. The van der Waals surface area contributed by atoms with Gasteiger partial charge in [0.2, 0.25) is 0 Å². The number of halogens is 3. The molecule has 5 nitrogen and oxygen atoms in total. The second-order valence-electron chi connectivity index (χ2n) is 8.09. The Labute approximate surface area is 188 Å². The largest absolute Gasteiger partial charge is 0.382 e. The van der Waals surface area contributed by atoms with Gasteiger partial charge in [0.05, 0.1) is 12.2 Å². The van der Waals surface area contributed by atoms with Crippen LogP contribution >= 0.6 is 34.8 Å². The molecule has 0 bridgehead atoms. The lowest BCUT2D eigenvalue weighted by Gasteiger charge is -2.33. The third-order valence-corrected chi connectivity index (χ3v) is 5.99. The minimum Gasteiger partial charge on any atom is -0.382 e. The van der Waals surface area contributed by atoms with Gasteiger partial charge in [-0.2, -0.15) is 0 Å². The van der Waals surface area contributed by atoms with Crippen LogP contribution in [0.2, 0.25) is 0 Å². The van der Waals surface area contributed by atoms with E-state index >= 15 is 0 Å². The zero-order valence-electron chi connectivity index (χ0n) is 16.9. The standard InChI is InChI=1S/C21H32Cl3N3O2/c1-15(22)13-21(23,24)14-27(17-10-6-3-7-11-17)26-20(29)19(28)18(25)12-16-8-4-2-5-9-16/h3,6-7,10-11,15-16,18-19,28H,2,4-5,8-9,12-14,25H2,1H3,(H,26,29). The number of hydrogen-bond donors (Lipinski definition) is 3. The molecule has 1 aliphatic rings. The average molecular weight is 465 g/mol. The number of amides is 1. The summed E-state index contributed by atoms with van der Waals surface area (Å²) in [4.78, 5) is 12.7. The fourth-order valence-corrected chi connectivity index (χ4v) is 4.96. The molecule has 4 N–H and O–H groups in total. The van der Waals surface area contributed by atoms with Crippen molar-refractivity contribution < 1.29 is 9.90 Å². The Hall–Kier alpha value is -0.720. The molecule has 1 fully saturated rings. The summed E-state index contributed by atoms with van der Waals surface area (Å²) >= 11 is 18.9. The Morgan fingerprint density at radius 3 is 2.48 bits per heavy atom. The quantitative estimate of drug-likeness (QED) is 0.355. The summed E-state index contributed by atoms with van der Waals surface area (Å²) in [7, 11) is 0.